The quantitative estimate of drug-likeness (QED) is 0.828. The summed E-state index contributed by atoms with van der Waals surface area (Å²) in [6.45, 7) is 5.87. The maximum Gasteiger partial charge on any atom is 0.125 e. The van der Waals surface area contributed by atoms with Crippen LogP contribution in [0.25, 0.3) is 10.9 Å². The van der Waals surface area contributed by atoms with Crippen molar-refractivity contribution in [3.8, 4) is 0 Å². The fourth-order valence-electron chi connectivity index (χ4n) is 1.95. The van der Waals surface area contributed by atoms with E-state index in [9.17, 15) is 9.50 Å². The highest BCUT2D eigenvalue weighted by molar-refractivity contribution is 5.84. The average Bonchev–Trinajstić information content (AvgIpc) is 2.56. The fourth-order valence-corrected chi connectivity index (χ4v) is 1.95. The molecule has 0 bridgehead atoms. The van der Waals surface area contributed by atoms with Crippen LogP contribution in [0.5, 0.6) is 0 Å². The van der Waals surface area contributed by atoms with E-state index in [4.69, 9.17) is 0 Å². The van der Waals surface area contributed by atoms with Gasteiger partial charge in [0, 0.05) is 11.6 Å². The number of halogens is 1. The van der Waals surface area contributed by atoms with Gasteiger partial charge in [-0.2, -0.15) is 0 Å². The van der Waals surface area contributed by atoms with Crippen molar-refractivity contribution >= 4 is 10.9 Å². The lowest BCUT2D eigenvalue weighted by molar-refractivity contribution is 0.168. The molecule has 0 spiro atoms. The van der Waals surface area contributed by atoms with E-state index >= 15 is 0 Å². The number of aromatic nitrogens is 1. The van der Waals surface area contributed by atoms with Crippen LogP contribution < -0.4 is 0 Å². The molecule has 1 aromatic carbocycles. The van der Waals surface area contributed by atoms with Crippen LogP contribution in [-0.2, 0) is 5.54 Å². The number of hydrogen-bond donors (Lipinski definition) is 1. The van der Waals surface area contributed by atoms with Crippen LogP contribution in [0, 0.1) is 12.7 Å². The van der Waals surface area contributed by atoms with Gasteiger partial charge in [0.05, 0.1) is 17.7 Å². The monoisotopic (exact) mass is 221 g/mol. The Morgan fingerprint density at radius 1 is 1.38 bits per heavy atom. The predicted octanol–water partition coefficient (Wildman–Crippen LogP) is 2.82. The van der Waals surface area contributed by atoms with Crippen molar-refractivity contribution in [1.82, 2.24) is 4.57 Å². The number of hydrogen-bond acceptors (Lipinski definition) is 1. The molecule has 0 saturated carbocycles. The van der Waals surface area contributed by atoms with E-state index in [1.54, 1.807) is 6.07 Å². The van der Waals surface area contributed by atoms with Crippen molar-refractivity contribution in [2.24, 2.45) is 0 Å². The molecule has 1 aromatic heterocycles. The maximum absolute atomic E-state index is 13.2. The summed E-state index contributed by atoms with van der Waals surface area (Å²) in [4.78, 5) is 0. The molecule has 0 amide bonds. The summed E-state index contributed by atoms with van der Waals surface area (Å²) in [6.07, 6.45) is 1.96. The standard InChI is InChI=1S/C13H16FNO/c1-9-7-15(13(2,3)8-16)12-6-10(14)4-5-11(9)12/h4-7,16H,8H2,1-3H3. The van der Waals surface area contributed by atoms with Gasteiger partial charge in [0.2, 0.25) is 0 Å². The van der Waals surface area contributed by atoms with Gasteiger partial charge in [-0.3, -0.25) is 0 Å². The summed E-state index contributed by atoms with van der Waals surface area (Å²) in [6, 6.07) is 4.76. The maximum atomic E-state index is 13.2. The summed E-state index contributed by atoms with van der Waals surface area (Å²) >= 11 is 0. The molecule has 1 N–H and O–H groups in total. The van der Waals surface area contributed by atoms with Gasteiger partial charge in [-0.05, 0) is 44.5 Å². The molecule has 1 heterocycles. The van der Waals surface area contributed by atoms with Gasteiger partial charge in [0.1, 0.15) is 5.82 Å². The number of aliphatic hydroxyl groups excluding tert-OH is 1. The second-order valence-electron chi connectivity index (χ2n) is 4.81. The van der Waals surface area contributed by atoms with Crippen molar-refractivity contribution in [3.05, 3.63) is 35.8 Å². The first-order chi connectivity index (χ1) is 7.45. The Bertz CT molecular complexity index is 528. The molecule has 16 heavy (non-hydrogen) atoms. The van der Waals surface area contributed by atoms with E-state index in [-0.39, 0.29) is 12.4 Å². The van der Waals surface area contributed by atoms with Gasteiger partial charge in [-0.15, -0.1) is 0 Å². The number of aryl methyl sites for hydroxylation is 1. The van der Waals surface area contributed by atoms with Gasteiger partial charge >= 0.3 is 0 Å². The second-order valence-corrected chi connectivity index (χ2v) is 4.81. The number of rotatable bonds is 2. The average molecular weight is 221 g/mol. The van der Waals surface area contributed by atoms with E-state index in [2.05, 4.69) is 0 Å². The predicted molar refractivity (Wildman–Crippen MR) is 63.0 cm³/mol. The van der Waals surface area contributed by atoms with Crippen LogP contribution in [0.1, 0.15) is 19.4 Å². The summed E-state index contributed by atoms with van der Waals surface area (Å²) in [7, 11) is 0. The van der Waals surface area contributed by atoms with Crippen molar-refractivity contribution < 1.29 is 9.50 Å². The number of aliphatic hydroxyl groups is 1. The smallest absolute Gasteiger partial charge is 0.125 e. The summed E-state index contributed by atoms with van der Waals surface area (Å²) in [5, 5.41) is 10.4. The molecule has 0 atom stereocenters. The lowest BCUT2D eigenvalue weighted by Crippen LogP contribution is -2.29. The zero-order chi connectivity index (χ0) is 11.9. The highest BCUT2D eigenvalue weighted by atomic mass is 19.1. The van der Waals surface area contributed by atoms with Crippen LogP contribution in [0.15, 0.2) is 24.4 Å². The number of benzene rings is 1. The molecule has 2 rings (SSSR count). The van der Waals surface area contributed by atoms with E-state index in [0.717, 1.165) is 16.5 Å². The lowest BCUT2D eigenvalue weighted by atomic mass is 10.1. The van der Waals surface area contributed by atoms with Gasteiger partial charge in [0.25, 0.3) is 0 Å². The molecule has 0 fully saturated rings. The molecule has 0 unspecified atom stereocenters. The Labute approximate surface area is 94.3 Å². The van der Waals surface area contributed by atoms with Gasteiger partial charge in [0.15, 0.2) is 0 Å². The molecule has 2 nitrogen and oxygen atoms in total. The second kappa shape index (κ2) is 3.59. The van der Waals surface area contributed by atoms with Crippen LogP contribution in [0.3, 0.4) is 0 Å². The topological polar surface area (TPSA) is 25.2 Å². The van der Waals surface area contributed by atoms with Crippen LogP contribution in [-0.4, -0.2) is 16.3 Å². The van der Waals surface area contributed by atoms with Gasteiger partial charge in [-0.1, -0.05) is 0 Å². The molecule has 86 valence electrons. The molecule has 0 aliphatic carbocycles. The first kappa shape index (κ1) is 11.1. The van der Waals surface area contributed by atoms with Crippen molar-refractivity contribution in [1.29, 1.82) is 0 Å². The molecule has 2 aromatic rings. The molecule has 0 radical (unpaired) electrons. The fraction of sp³-hybridized carbons (Fsp3) is 0.385. The van der Waals surface area contributed by atoms with Crippen LogP contribution in [0.4, 0.5) is 4.39 Å². The summed E-state index contributed by atoms with van der Waals surface area (Å²) in [5.74, 6) is -0.249. The first-order valence-electron chi connectivity index (χ1n) is 5.34. The molecule has 0 aliphatic rings. The van der Waals surface area contributed by atoms with E-state index in [0.29, 0.717) is 0 Å². The molecule has 0 saturated heterocycles. The minimum atomic E-state index is -0.416. The molecule has 3 heteroatoms. The Morgan fingerprint density at radius 3 is 2.69 bits per heavy atom. The highest BCUT2D eigenvalue weighted by Gasteiger charge is 2.21. The third-order valence-electron chi connectivity index (χ3n) is 3.01. The lowest BCUT2D eigenvalue weighted by Gasteiger charge is -2.25. The normalized spacial score (nSPS) is 12.3. The Balaban J connectivity index is 2.75. The van der Waals surface area contributed by atoms with E-state index < -0.39 is 5.54 Å². The molecular weight excluding hydrogens is 205 g/mol. The number of fused-ring (bicyclic) bond motifs is 1. The van der Waals surface area contributed by atoms with Gasteiger partial charge in [-0.25, -0.2) is 4.39 Å². The first-order valence-corrected chi connectivity index (χ1v) is 5.34. The molecular formula is C13H16FNO. The van der Waals surface area contributed by atoms with Crippen LogP contribution in [0.2, 0.25) is 0 Å². The minimum absolute atomic E-state index is 0.0206. The van der Waals surface area contributed by atoms with Crippen molar-refractivity contribution in [2.75, 3.05) is 6.61 Å². The Morgan fingerprint density at radius 2 is 2.06 bits per heavy atom. The SMILES string of the molecule is Cc1cn(C(C)(C)CO)c2cc(F)ccc12. The zero-order valence-electron chi connectivity index (χ0n) is 9.79. The Kier molecular flexibility index (Phi) is 2.50. The zero-order valence-corrected chi connectivity index (χ0v) is 9.79. The minimum Gasteiger partial charge on any atom is -0.394 e. The van der Waals surface area contributed by atoms with E-state index in [1.807, 2.05) is 31.5 Å². The third-order valence-corrected chi connectivity index (χ3v) is 3.01. The van der Waals surface area contributed by atoms with Crippen molar-refractivity contribution in [3.63, 3.8) is 0 Å². The van der Waals surface area contributed by atoms with Gasteiger partial charge < -0.3 is 9.67 Å². The Hall–Kier alpha value is -1.35. The van der Waals surface area contributed by atoms with E-state index in [1.165, 1.54) is 12.1 Å². The van der Waals surface area contributed by atoms with Crippen LogP contribution >= 0.6 is 0 Å². The summed E-state index contributed by atoms with van der Waals surface area (Å²) in [5.41, 5.74) is 1.51. The number of nitrogens with zero attached hydrogens (tertiary/aromatic N) is 1. The summed E-state index contributed by atoms with van der Waals surface area (Å²) < 4.78 is 15.2. The van der Waals surface area contributed by atoms with Crippen molar-refractivity contribution in [2.45, 2.75) is 26.3 Å². The highest BCUT2D eigenvalue weighted by Crippen LogP contribution is 2.27. The molecule has 0 aliphatic heterocycles. The largest absolute Gasteiger partial charge is 0.394 e. The third kappa shape index (κ3) is 1.61.